The number of alkyl halides is 2. The molecule has 22 heavy (non-hydrogen) atoms. The van der Waals surface area contributed by atoms with E-state index in [4.69, 9.17) is 40.2 Å². The third-order valence-electron chi connectivity index (χ3n) is 3.15. The van der Waals surface area contributed by atoms with Gasteiger partial charge in [0.2, 0.25) is 0 Å². The lowest BCUT2D eigenvalue weighted by Crippen LogP contribution is -2.56. The second kappa shape index (κ2) is 8.53. The number of rotatable bonds is 4. The van der Waals surface area contributed by atoms with Crippen LogP contribution in [0.3, 0.4) is 0 Å². The van der Waals surface area contributed by atoms with E-state index in [9.17, 15) is 4.79 Å². The highest BCUT2D eigenvalue weighted by Gasteiger charge is 2.23. The lowest BCUT2D eigenvalue weighted by Gasteiger charge is -2.32. The molecule has 2 N–H and O–H groups in total. The van der Waals surface area contributed by atoms with Crippen molar-refractivity contribution in [2.75, 3.05) is 26.3 Å². The lowest BCUT2D eigenvalue weighted by molar-refractivity contribution is 0.0671. The molecule has 1 aliphatic heterocycles. The molecule has 120 valence electrons. The van der Waals surface area contributed by atoms with Crippen molar-refractivity contribution >= 4 is 46.4 Å². The molecule has 1 aromatic carbocycles. The molecule has 1 saturated heterocycles. The highest BCUT2D eigenvalue weighted by Crippen LogP contribution is 2.09. The fourth-order valence-corrected chi connectivity index (χ4v) is 2.53. The molecule has 0 spiro atoms. The standard InChI is InChI=1S/C14H17Cl2N3O2S/c15-11(16)12(17-13(20)10-4-2-1-3-5-10)18-14(22)19-6-8-21-9-7-19/h1-5,11-12H,6-9H2,(H,17,20)(H,18,22)/t12-/m1/s1. The van der Waals surface area contributed by atoms with E-state index in [1.165, 1.54) is 0 Å². The molecule has 1 atom stereocenters. The molecule has 1 aliphatic rings. The van der Waals surface area contributed by atoms with Crippen molar-refractivity contribution < 1.29 is 9.53 Å². The summed E-state index contributed by atoms with van der Waals surface area (Å²) < 4.78 is 5.27. The predicted octanol–water partition coefficient (Wildman–Crippen LogP) is 1.75. The average molecular weight is 362 g/mol. The number of carbonyl (C=O) groups is 1. The van der Waals surface area contributed by atoms with Gasteiger partial charge in [-0.15, -0.1) is 23.2 Å². The van der Waals surface area contributed by atoms with Crippen LogP contribution in [0.25, 0.3) is 0 Å². The molecule has 0 bridgehead atoms. The molecule has 5 nitrogen and oxygen atoms in total. The number of thiocarbonyl (C=S) groups is 1. The molecule has 1 aromatic rings. The Morgan fingerprint density at radius 3 is 2.41 bits per heavy atom. The van der Waals surface area contributed by atoms with Crippen LogP contribution in [-0.4, -0.2) is 53.2 Å². The van der Waals surface area contributed by atoms with Crippen LogP contribution in [-0.2, 0) is 4.74 Å². The van der Waals surface area contributed by atoms with Gasteiger partial charge in [0.25, 0.3) is 5.91 Å². The monoisotopic (exact) mass is 361 g/mol. The minimum absolute atomic E-state index is 0.269. The second-order valence-corrected chi connectivity index (χ2v) is 6.25. The van der Waals surface area contributed by atoms with E-state index in [0.717, 1.165) is 0 Å². The summed E-state index contributed by atoms with van der Waals surface area (Å²) in [6.45, 7) is 2.63. The van der Waals surface area contributed by atoms with Gasteiger partial charge in [0.15, 0.2) is 5.11 Å². The van der Waals surface area contributed by atoms with E-state index in [1.807, 2.05) is 11.0 Å². The summed E-state index contributed by atoms with van der Waals surface area (Å²) >= 11 is 17.2. The van der Waals surface area contributed by atoms with E-state index in [-0.39, 0.29) is 5.91 Å². The van der Waals surface area contributed by atoms with Crippen LogP contribution >= 0.6 is 35.4 Å². The minimum Gasteiger partial charge on any atom is -0.378 e. The molecule has 0 aromatic heterocycles. The number of halogens is 2. The normalized spacial score (nSPS) is 16.2. The quantitative estimate of drug-likeness (QED) is 0.486. The first-order valence-electron chi connectivity index (χ1n) is 6.85. The number of benzene rings is 1. The van der Waals surface area contributed by atoms with Crippen LogP contribution in [0.2, 0.25) is 0 Å². The van der Waals surface area contributed by atoms with E-state index in [1.54, 1.807) is 24.3 Å². The second-order valence-electron chi connectivity index (χ2n) is 4.70. The third-order valence-corrected chi connectivity index (χ3v) is 4.03. The van der Waals surface area contributed by atoms with E-state index < -0.39 is 11.0 Å². The maximum absolute atomic E-state index is 12.2. The van der Waals surface area contributed by atoms with Crippen LogP contribution in [0.1, 0.15) is 10.4 Å². The summed E-state index contributed by atoms with van der Waals surface area (Å²) in [5.41, 5.74) is 0.528. The van der Waals surface area contributed by atoms with E-state index in [2.05, 4.69) is 10.6 Å². The first-order valence-corrected chi connectivity index (χ1v) is 8.13. The topological polar surface area (TPSA) is 53.6 Å². The number of morpholine rings is 1. The van der Waals surface area contributed by atoms with Gasteiger partial charge in [-0.1, -0.05) is 18.2 Å². The van der Waals surface area contributed by atoms with Gasteiger partial charge >= 0.3 is 0 Å². The highest BCUT2D eigenvalue weighted by atomic mass is 35.5. The van der Waals surface area contributed by atoms with Gasteiger partial charge in [-0.3, -0.25) is 4.79 Å². The number of nitrogens with zero attached hydrogens (tertiary/aromatic N) is 1. The number of hydrogen-bond donors (Lipinski definition) is 2. The molecule has 1 amide bonds. The number of hydrogen-bond acceptors (Lipinski definition) is 3. The highest BCUT2D eigenvalue weighted by molar-refractivity contribution is 7.80. The van der Waals surface area contributed by atoms with Crippen LogP contribution < -0.4 is 10.6 Å². The van der Waals surface area contributed by atoms with Crippen molar-refractivity contribution in [3.05, 3.63) is 35.9 Å². The van der Waals surface area contributed by atoms with E-state index >= 15 is 0 Å². The van der Waals surface area contributed by atoms with Gasteiger partial charge < -0.3 is 20.3 Å². The Balaban J connectivity index is 1.94. The fourth-order valence-electron chi connectivity index (χ4n) is 1.97. The Labute approximate surface area is 144 Å². The largest absolute Gasteiger partial charge is 0.378 e. The molecule has 2 rings (SSSR count). The minimum atomic E-state index is -0.841. The third kappa shape index (κ3) is 4.98. The average Bonchev–Trinajstić information content (AvgIpc) is 2.55. The Hall–Kier alpha value is -1.08. The first kappa shape index (κ1) is 17.3. The van der Waals surface area contributed by atoms with Gasteiger partial charge in [0, 0.05) is 18.7 Å². The Morgan fingerprint density at radius 1 is 1.18 bits per heavy atom. The molecule has 1 fully saturated rings. The summed E-state index contributed by atoms with van der Waals surface area (Å²) in [4.78, 5) is 13.3. The summed E-state index contributed by atoms with van der Waals surface area (Å²) in [5.74, 6) is -0.269. The number of ether oxygens (including phenoxy) is 1. The number of amides is 1. The van der Waals surface area contributed by atoms with Crippen molar-refractivity contribution in [1.29, 1.82) is 0 Å². The zero-order valence-electron chi connectivity index (χ0n) is 11.8. The van der Waals surface area contributed by atoms with Gasteiger partial charge in [-0.2, -0.15) is 0 Å². The van der Waals surface area contributed by atoms with Crippen molar-refractivity contribution in [2.45, 2.75) is 11.0 Å². The summed E-state index contributed by atoms with van der Waals surface area (Å²) in [6.07, 6.45) is -0.675. The van der Waals surface area contributed by atoms with E-state index in [0.29, 0.717) is 37.0 Å². The Bertz CT molecular complexity index is 510. The fraction of sp³-hybridized carbons (Fsp3) is 0.429. The van der Waals surface area contributed by atoms with Crippen molar-refractivity contribution in [3.8, 4) is 0 Å². The number of nitrogens with one attached hydrogen (secondary N) is 2. The summed E-state index contributed by atoms with van der Waals surface area (Å²) in [5, 5.41) is 6.23. The molecule has 0 unspecified atom stereocenters. The van der Waals surface area contributed by atoms with Crippen molar-refractivity contribution in [3.63, 3.8) is 0 Å². The maximum Gasteiger partial charge on any atom is 0.252 e. The van der Waals surface area contributed by atoms with Crippen molar-refractivity contribution in [2.24, 2.45) is 0 Å². The van der Waals surface area contributed by atoms with Crippen LogP contribution in [0.5, 0.6) is 0 Å². The summed E-state index contributed by atoms with van der Waals surface area (Å²) in [7, 11) is 0. The zero-order chi connectivity index (χ0) is 15.9. The van der Waals surface area contributed by atoms with Gasteiger partial charge in [-0.05, 0) is 24.4 Å². The molecule has 8 heteroatoms. The van der Waals surface area contributed by atoms with Crippen molar-refractivity contribution in [1.82, 2.24) is 15.5 Å². The molecule has 0 saturated carbocycles. The van der Waals surface area contributed by atoms with Gasteiger partial charge in [0.1, 0.15) is 11.0 Å². The molecular weight excluding hydrogens is 345 g/mol. The molecular formula is C14H17Cl2N3O2S. The SMILES string of the molecule is O=C(N[C@H](NC(=S)N1CCOCC1)C(Cl)Cl)c1ccccc1. The Kier molecular flexibility index (Phi) is 6.70. The maximum atomic E-state index is 12.2. The van der Waals surface area contributed by atoms with Crippen LogP contribution in [0, 0.1) is 0 Å². The van der Waals surface area contributed by atoms with Crippen LogP contribution in [0.4, 0.5) is 0 Å². The molecule has 0 radical (unpaired) electrons. The summed E-state index contributed by atoms with van der Waals surface area (Å²) in [6, 6.07) is 8.84. The van der Waals surface area contributed by atoms with Crippen LogP contribution in [0.15, 0.2) is 30.3 Å². The molecule has 0 aliphatic carbocycles. The number of carbonyl (C=O) groups excluding carboxylic acids is 1. The van der Waals surface area contributed by atoms with Gasteiger partial charge in [-0.25, -0.2) is 0 Å². The lowest BCUT2D eigenvalue weighted by atomic mass is 10.2. The Morgan fingerprint density at radius 2 is 1.82 bits per heavy atom. The molecule has 1 heterocycles. The smallest absolute Gasteiger partial charge is 0.252 e. The van der Waals surface area contributed by atoms with Gasteiger partial charge in [0.05, 0.1) is 13.2 Å². The first-order chi connectivity index (χ1) is 10.6. The predicted molar refractivity (Wildman–Crippen MR) is 91.3 cm³/mol. The zero-order valence-corrected chi connectivity index (χ0v) is 14.1.